The van der Waals surface area contributed by atoms with E-state index in [1.807, 2.05) is 38.1 Å². The van der Waals surface area contributed by atoms with Crippen molar-refractivity contribution in [3.05, 3.63) is 76.3 Å². The fourth-order valence-electron chi connectivity index (χ4n) is 8.87. The number of likely N-dealkylation sites (tertiary alicyclic amines) is 1. The molecule has 2 aliphatic heterocycles. The van der Waals surface area contributed by atoms with Crippen LogP contribution in [0.4, 0.5) is 5.82 Å². The summed E-state index contributed by atoms with van der Waals surface area (Å²) in [4.78, 5) is 59.9. The Labute approximate surface area is 280 Å². The van der Waals surface area contributed by atoms with Crippen LogP contribution >= 0.6 is 22.9 Å². The van der Waals surface area contributed by atoms with E-state index in [-0.39, 0.29) is 41.7 Å². The number of carbonyl (C=O) groups excluding carboxylic acids is 4. The number of halogens is 1. The van der Waals surface area contributed by atoms with Crippen molar-refractivity contribution < 1.29 is 24.3 Å². The number of fused-ring (bicyclic) bond motifs is 5. The minimum Gasteiger partial charge on any atom is -0.508 e. The quantitative estimate of drug-likeness (QED) is 0.204. The second-order valence-corrected chi connectivity index (χ2v) is 14.9. The molecule has 0 bridgehead atoms. The predicted molar refractivity (Wildman–Crippen MR) is 179 cm³/mol. The van der Waals surface area contributed by atoms with E-state index in [1.165, 1.54) is 9.80 Å². The van der Waals surface area contributed by atoms with Gasteiger partial charge in [0.05, 0.1) is 28.0 Å². The van der Waals surface area contributed by atoms with E-state index in [4.69, 9.17) is 16.7 Å². The highest BCUT2D eigenvalue weighted by Crippen LogP contribution is 2.63. The molecule has 2 aliphatic carbocycles. The number of allylic oxidation sites excluding steroid dienone is 2. The molecule has 1 N–H and O–H groups in total. The minimum atomic E-state index is -1.17. The van der Waals surface area contributed by atoms with Gasteiger partial charge in [-0.1, -0.05) is 35.4 Å². The molecule has 0 unspecified atom stereocenters. The Hall–Kier alpha value is -4.28. The molecule has 4 aromatic rings. The molecule has 2 aromatic heterocycles. The first-order valence-corrected chi connectivity index (χ1v) is 17.1. The van der Waals surface area contributed by atoms with Gasteiger partial charge in [-0.25, -0.2) is 4.90 Å². The van der Waals surface area contributed by atoms with Crippen LogP contribution in [-0.4, -0.2) is 50.0 Å². The lowest BCUT2D eigenvalue weighted by molar-refractivity contribution is -0.140. The van der Waals surface area contributed by atoms with Crippen LogP contribution in [0.2, 0.25) is 5.02 Å². The third-order valence-electron chi connectivity index (χ3n) is 11.1. The number of aromatic hydroxyl groups is 1. The smallest absolute Gasteiger partial charge is 0.242 e. The average Bonchev–Trinajstić information content (AvgIpc) is 3.71. The highest BCUT2D eigenvalue weighted by molar-refractivity contribution is 7.22. The maximum Gasteiger partial charge on any atom is 0.242 e. The average molecular weight is 669 g/mol. The fourth-order valence-corrected chi connectivity index (χ4v) is 10.2. The molecule has 4 heterocycles. The molecule has 47 heavy (non-hydrogen) atoms. The molecular formula is C36H33ClN4O5S. The zero-order valence-corrected chi connectivity index (χ0v) is 27.9. The molecular weight excluding hydrogens is 636 g/mol. The first-order valence-electron chi connectivity index (χ1n) is 15.9. The lowest BCUT2D eigenvalue weighted by Gasteiger charge is -2.49. The van der Waals surface area contributed by atoms with Crippen LogP contribution in [0.15, 0.2) is 60.2 Å². The van der Waals surface area contributed by atoms with Crippen molar-refractivity contribution in [3.63, 3.8) is 0 Å². The number of rotatable bonds is 4. The number of amides is 4. The summed E-state index contributed by atoms with van der Waals surface area (Å²) in [6, 6.07) is 14.3. The Bertz CT molecular complexity index is 2080. The van der Waals surface area contributed by atoms with Crippen LogP contribution in [0.3, 0.4) is 0 Å². The van der Waals surface area contributed by atoms with E-state index in [0.717, 1.165) is 31.7 Å². The van der Waals surface area contributed by atoms with Crippen LogP contribution in [0.5, 0.6) is 5.75 Å². The number of aromatic nitrogens is 2. The summed E-state index contributed by atoms with van der Waals surface area (Å²) >= 11 is 7.86. The van der Waals surface area contributed by atoms with Gasteiger partial charge < -0.3 is 5.11 Å². The molecule has 9 nitrogen and oxygen atoms in total. The Morgan fingerprint density at radius 2 is 1.77 bits per heavy atom. The number of imide groups is 2. The van der Waals surface area contributed by atoms with Gasteiger partial charge in [0, 0.05) is 35.3 Å². The van der Waals surface area contributed by atoms with Crippen molar-refractivity contribution in [3.8, 4) is 16.3 Å². The SMILES string of the molecule is CCN1C(=O)[C@H]2[C@H](CC=C3[C@H]2C[C@H]2C(=O)N(c4cc(-c5sc6ccc(Cl)cc6c5C)nn4C)C(=O)[C@@]2(C)[C@H]3c2ccc(O)cc2)C1=O. The van der Waals surface area contributed by atoms with Gasteiger partial charge in [-0.05, 0) is 86.4 Å². The second-order valence-electron chi connectivity index (χ2n) is 13.4. The van der Waals surface area contributed by atoms with Crippen LogP contribution in [-0.2, 0) is 26.2 Å². The number of aryl methyl sites for hydroxylation is 2. The number of carbonyl (C=O) groups is 4. The molecule has 4 amide bonds. The number of thiophene rings is 1. The lowest BCUT2D eigenvalue weighted by Crippen LogP contribution is -2.48. The number of phenols is 1. The Morgan fingerprint density at radius 1 is 1.02 bits per heavy atom. The molecule has 0 radical (unpaired) electrons. The monoisotopic (exact) mass is 668 g/mol. The van der Waals surface area contributed by atoms with Crippen molar-refractivity contribution in [1.82, 2.24) is 14.7 Å². The van der Waals surface area contributed by atoms with Crippen molar-refractivity contribution in [2.75, 3.05) is 11.4 Å². The lowest BCUT2D eigenvalue weighted by atomic mass is 9.51. The van der Waals surface area contributed by atoms with Gasteiger partial charge >= 0.3 is 0 Å². The molecule has 6 atom stereocenters. The van der Waals surface area contributed by atoms with E-state index in [9.17, 15) is 24.3 Å². The van der Waals surface area contributed by atoms with Crippen molar-refractivity contribution >= 4 is 62.5 Å². The van der Waals surface area contributed by atoms with E-state index in [2.05, 4.69) is 0 Å². The Balaban J connectivity index is 1.24. The maximum atomic E-state index is 14.8. The van der Waals surface area contributed by atoms with Gasteiger partial charge in [0.15, 0.2) is 0 Å². The summed E-state index contributed by atoms with van der Waals surface area (Å²) in [5.74, 6) is -3.23. The van der Waals surface area contributed by atoms with Gasteiger partial charge in [-0.2, -0.15) is 5.10 Å². The van der Waals surface area contributed by atoms with Gasteiger partial charge in [0.2, 0.25) is 23.6 Å². The summed E-state index contributed by atoms with van der Waals surface area (Å²) in [7, 11) is 1.73. The van der Waals surface area contributed by atoms with Crippen molar-refractivity contribution in [2.45, 2.75) is 39.5 Å². The third kappa shape index (κ3) is 4.04. The molecule has 3 fully saturated rings. The molecule has 240 valence electrons. The normalized spacial score (nSPS) is 28.6. The Morgan fingerprint density at radius 3 is 2.49 bits per heavy atom. The number of benzene rings is 2. The molecule has 2 saturated heterocycles. The molecule has 1 saturated carbocycles. The Kier molecular flexibility index (Phi) is 6.63. The van der Waals surface area contributed by atoms with E-state index < -0.39 is 29.1 Å². The van der Waals surface area contributed by atoms with Crippen LogP contribution < -0.4 is 4.90 Å². The highest BCUT2D eigenvalue weighted by Gasteiger charge is 2.67. The summed E-state index contributed by atoms with van der Waals surface area (Å²) in [6.07, 6.45) is 2.73. The van der Waals surface area contributed by atoms with E-state index >= 15 is 0 Å². The van der Waals surface area contributed by atoms with Crippen molar-refractivity contribution in [2.24, 2.45) is 36.1 Å². The zero-order valence-electron chi connectivity index (χ0n) is 26.4. The fraction of sp³-hybridized carbons (Fsp3) is 0.361. The van der Waals surface area contributed by atoms with Crippen molar-refractivity contribution in [1.29, 1.82) is 0 Å². The maximum absolute atomic E-state index is 14.8. The third-order valence-corrected chi connectivity index (χ3v) is 12.7. The van der Waals surface area contributed by atoms with Crippen LogP contribution in [0, 0.1) is 36.0 Å². The number of phenolic OH excluding ortho intramolecular Hbond substituents is 1. The van der Waals surface area contributed by atoms with Gasteiger partial charge in [-0.15, -0.1) is 11.3 Å². The first-order chi connectivity index (χ1) is 22.4. The van der Waals surface area contributed by atoms with Gasteiger partial charge in [0.25, 0.3) is 0 Å². The van der Waals surface area contributed by atoms with Crippen LogP contribution in [0.1, 0.15) is 43.7 Å². The molecule has 11 heteroatoms. The molecule has 4 aliphatic rings. The van der Waals surface area contributed by atoms with Gasteiger partial charge in [-0.3, -0.25) is 28.8 Å². The number of hydrogen-bond donors (Lipinski definition) is 1. The van der Waals surface area contributed by atoms with E-state index in [1.54, 1.807) is 60.3 Å². The van der Waals surface area contributed by atoms with E-state index in [0.29, 0.717) is 29.5 Å². The largest absolute Gasteiger partial charge is 0.508 e. The highest BCUT2D eigenvalue weighted by atomic mass is 35.5. The summed E-state index contributed by atoms with van der Waals surface area (Å²) < 4.78 is 2.65. The number of anilines is 1. The van der Waals surface area contributed by atoms with Gasteiger partial charge in [0.1, 0.15) is 17.3 Å². The zero-order chi connectivity index (χ0) is 33.1. The summed E-state index contributed by atoms with van der Waals surface area (Å²) in [6.45, 7) is 5.97. The number of hydrogen-bond acceptors (Lipinski definition) is 7. The number of nitrogens with zero attached hydrogens (tertiary/aromatic N) is 4. The molecule has 8 rings (SSSR count). The minimum absolute atomic E-state index is 0.0901. The molecule has 0 spiro atoms. The molecule has 2 aromatic carbocycles. The first kappa shape index (κ1) is 30.1. The topological polar surface area (TPSA) is 113 Å². The summed E-state index contributed by atoms with van der Waals surface area (Å²) in [5.41, 5.74) is 2.20. The second kappa shape index (κ2) is 10.4. The predicted octanol–water partition coefficient (Wildman–Crippen LogP) is 6.22. The standard InChI is InChI=1S/C36H33ClN4O5S/c1-5-40-32(43)22-12-11-21-24(29(22)34(40)45)15-25-33(44)41(35(46)36(25,3)30(21)18-6-9-20(42)10-7-18)28-16-26(38-39(28)4)31-17(2)23-14-19(37)8-13-27(23)47-31/h6-11,13-14,16,22,24-25,29-30,42H,5,12,15H2,1-4H3/t22-,24+,25-,29-,30-,36+/m0/s1. The van der Waals surface area contributed by atoms with Crippen LogP contribution in [0.25, 0.3) is 20.7 Å². The summed E-state index contributed by atoms with van der Waals surface area (Å²) in [5, 5.41) is 16.6.